The summed E-state index contributed by atoms with van der Waals surface area (Å²) in [7, 11) is 0. The van der Waals surface area contributed by atoms with Crippen molar-refractivity contribution in [2.45, 2.75) is 13.0 Å². The highest BCUT2D eigenvalue weighted by Crippen LogP contribution is 2.35. The molecule has 1 aromatic carbocycles. The summed E-state index contributed by atoms with van der Waals surface area (Å²) in [6, 6.07) is 15.4. The Morgan fingerprint density at radius 3 is 2.69 bits per heavy atom. The molecule has 0 fully saturated rings. The number of pyridine rings is 3. The molecule has 3 heterocycles. The fraction of sp³-hybridized carbons (Fsp3) is 0.0952. The van der Waals surface area contributed by atoms with Gasteiger partial charge >= 0.3 is 0 Å². The summed E-state index contributed by atoms with van der Waals surface area (Å²) in [5, 5.41) is 15.3. The van der Waals surface area contributed by atoms with Gasteiger partial charge in [0, 0.05) is 41.2 Å². The molecule has 0 spiro atoms. The monoisotopic (exact) mass is 343 g/mol. The van der Waals surface area contributed by atoms with Crippen LogP contribution >= 0.6 is 0 Å². The first-order valence-corrected chi connectivity index (χ1v) is 8.44. The second-order valence-electron chi connectivity index (χ2n) is 6.22. The summed E-state index contributed by atoms with van der Waals surface area (Å²) in [6.07, 6.45) is 7.08. The summed E-state index contributed by atoms with van der Waals surface area (Å²) in [5.41, 5.74) is 3.50. The first kappa shape index (κ1) is 16.0. The number of nitrogens with zero attached hydrogens (tertiary/aromatic N) is 2. The SMILES string of the molecule is Cc1cc[nH+]c(N[C@H](c2ccncc2)c2ccc3cccnc3c2O)c1. The van der Waals surface area contributed by atoms with Crippen molar-refractivity contribution in [2.75, 3.05) is 5.32 Å². The summed E-state index contributed by atoms with van der Waals surface area (Å²) in [4.78, 5) is 11.7. The molecule has 0 bridgehead atoms. The highest BCUT2D eigenvalue weighted by molar-refractivity contribution is 5.85. The first-order valence-electron chi connectivity index (χ1n) is 8.44. The fourth-order valence-electron chi connectivity index (χ4n) is 3.09. The number of phenols is 1. The van der Waals surface area contributed by atoms with Gasteiger partial charge in [0.1, 0.15) is 17.3 Å². The molecule has 5 heteroatoms. The van der Waals surface area contributed by atoms with Crippen LogP contribution in [0.3, 0.4) is 0 Å². The number of anilines is 1. The van der Waals surface area contributed by atoms with Gasteiger partial charge in [0.15, 0.2) is 0 Å². The lowest BCUT2D eigenvalue weighted by Gasteiger charge is -2.17. The summed E-state index contributed by atoms with van der Waals surface area (Å²) >= 11 is 0. The lowest BCUT2D eigenvalue weighted by atomic mass is 9.97. The largest absolute Gasteiger partial charge is 0.505 e. The predicted octanol–water partition coefficient (Wildman–Crippen LogP) is 3.66. The van der Waals surface area contributed by atoms with Crippen molar-refractivity contribution in [3.63, 3.8) is 0 Å². The minimum Gasteiger partial charge on any atom is -0.505 e. The number of fused-ring (bicyclic) bond motifs is 1. The zero-order chi connectivity index (χ0) is 17.9. The van der Waals surface area contributed by atoms with Crippen LogP contribution in [0.15, 0.2) is 73.3 Å². The van der Waals surface area contributed by atoms with E-state index >= 15 is 0 Å². The predicted molar refractivity (Wildman–Crippen MR) is 101 cm³/mol. The molecule has 3 aromatic heterocycles. The minimum absolute atomic E-state index is 0.185. The fourth-order valence-corrected chi connectivity index (χ4v) is 3.09. The van der Waals surface area contributed by atoms with E-state index in [4.69, 9.17) is 0 Å². The summed E-state index contributed by atoms with van der Waals surface area (Å²) in [6.45, 7) is 2.04. The number of aromatic nitrogens is 3. The van der Waals surface area contributed by atoms with Crippen LogP contribution in [0.2, 0.25) is 0 Å². The number of aryl methyl sites for hydroxylation is 1. The van der Waals surface area contributed by atoms with Crippen LogP contribution in [-0.4, -0.2) is 15.1 Å². The first-order chi connectivity index (χ1) is 12.7. The van der Waals surface area contributed by atoms with E-state index in [-0.39, 0.29) is 11.8 Å². The van der Waals surface area contributed by atoms with E-state index in [2.05, 4.69) is 20.3 Å². The number of aromatic hydroxyl groups is 1. The molecule has 0 aliphatic rings. The van der Waals surface area contributed by atoms with Gasteiger partial charge in [0.25, 0.3) is 5.82 Å². The third-order valence-corrected chi connectivity index (χ3v) is 4.39. The topological polar surface area (TPSA) is 72.2 Å². The molecule has 0 unspecified atom stereocenters. The van der Waals surface area contributed by atoms with Crippen LogP contribution in [0.5, 0.6) is 5.75 Å². The smallest absolute Gasteiger partial charge is 0.273 e. The van der Waals surface area contributed by atoms with Gasteiger partial charge in [0.05, 0.1) is 6.20 Å². The Morgan fingerprint density at radius 1 is 1.04 bits per heavy atom. The molecule has 3 N–H and O–H groups in total. The molecule has 4 rings (SSSR count). The second-order valence-corrected chi connectivity index (χ2v) is 6.22. The standard InChI is InChI=1S/C21H18N4O/c1-14-6-12-23-18(13-14)25-19(16-7-10-22-11-8-16)17-5-4-15-3-2-9-24-20(15)21(17)26/h2-13,19,26H,1H3,(H,23,25)/p+1/t19-/m1/s1. The zero-order valence-corrected chi connectivity index (χ0v) is 14.3. The third-order valence-electron chi connectivity index (χ3n) is 4.39. The third kappa shape index (κ3) is 3.07. The van der Waals surface area contributed by atoms with Crippen LogP contribution in [0, 0.1) is 6.92 Å². The molecular formula is C21H19N4O+. The lowest BCUT2D eigenvalue weighted by molar-refractivity contribution is -0.361. The zero-order valence-electron chi connectivity index (χ0n) is 14.3. The Bertz CT molecular complexity index is 1050. The molecular weight excluding hydrogens is 324 g/mol. The van der Waals surface area contributed by atoms with Gasteiger partial charge in [-0.25, -0.2) is 4.98 Å². The van der Waals surface area contributed by atoms with E-state index in [0.29, 0.717) is 5.52 Å². The molecule has 0 saturated heterocycles. The Morgan fingerprint density at radius 2 is 1.88 bits per heavy atom. The molecule has 0 aliphatic carbocycles. The average molecular weight is 343 g/mol. The van der Waals surface area contributed by atoms with E-state index in [1.807, 2.05) is 61.7 Å². The van der Waals surface area contributed by atoms with Crippen molar-refractivity contribution in [3.8, 4) is 5.75 Å². The van der Waals surface area contributed by atoms with Crippen molar-refractivity contribution in [2.24, 2.45) is 0 Å². The van der Waals surface area contributed by atoms with Crippen LogP contribution in [0.25, 0.3) is 10.9 Å². The second kappa shape index (κ2) is 6.80. The van der Waals surface area contributed by atoms with Gasteiger partial charge in [-0.3, -0.25) is 15.3 Å². The van der Waals surface area contributed by atoms with Gasteiger partial charge in [-0.1, -0.05) is 12.1 Å². The van der Waals surface area contributed by atoms with E-state index < -0.39 is 0 Å². The number of hydrogen-bond acceptors (Lipinski definition) is 4. The van der Waals surface area contributed by atoms with E-state index in [1.165, 1.54) is 0 Å². The van der Waals surface area contributed by atoms with Gasteiger partial charge in [-0.05, 0) is 42.8 Å². The highest BCUT2D eigenvalue weighted by Gasteiger charge is 2.24. The van der Waals surface area contributed by atoms with E-state index in [1.54, 1.807) is 18.6 Å². The number of hydrogen-bond donors (Lipinski definition) is 2. The van der Waals surface area contributed by atoms with E-state index in [9.17, 15) is 5.11 Å². The van der Waals surface area contributed by atoms with Gasteiger partial charge in [-0.2, -0.15) is 0 Å². The number of benzene rings is 1. The van der Waals surface area contributed by atoms with Crippen molar-refractivity contribution in [3.05, 3.63) is 90.0 Å². The summed E-state index contributed by atoms with van der Waals surface area (Å²) in [5.74, 6) is 1.05. The number of phenolic OH excluding ortho intramolecular Hbond substituents is 1. The Hall–Kier alpha value is -3.47. The number of nitrogens with one attached hydrogen (secondary N) is 2. The maximum atomic E-state index is 10.9. The van der Waals surface area contributed by atoms with Crippen LogP contribution < -0.4 is 10.3 Å². The molecule has 5 nitrogen and oxygen atoms in total. The maximum Gasteiger partial charge on any atom is 0.273 e. The number of aromatic amines is 1. The van der Waals surface area contributed by atoms with Crippen LogP contribution in [0.1, 0.15) is 22.7 Å². The van der Waals surface area contributed by atoms with Gasteiger partial charge in [0.2, 0.25) is 0 Å². The van der Waals surface area contributed by atoms with Gasteiger partial charge < -0.3 is 5.11 Å². The minimum atomic E-state index is -0.248. The Kier molecular flexibility index (Phi) is 4.19. The molecule has 0 saturated carbocycles. The maximum absolute atomic E-state index is 10.9. The number of H-pyrrole nitrogens is 1. The van der Waals surface area contributed by atoms with Crippen molar-refractivity contribution in [1.82, 2.24) is 9.97 Å². The summed E-state index contributed by atoms with van der Waals surface area (Å²) < 4.78 is 0. The molecule has 128 valence electrons. The van der Waals surface area contributed by atoms with Crippen molar-refractivity contribution in [1.29, 1.82) is 0 Å². The normalized spacial score (nSPS) is 12.0. The van der Waals surface area contributed by atoms with Crippen LogP contribution in [0.4, 0.5) is 5.82 Å². The van der Waals surface area contributed by atoms with Crippen molar-refractivity contribution >= 4 is 16.7 Å². The van der Waals surface area contributed by atoms with Crippen molar-refractivity contribution < 1.29 is 10.1 Å². The molecule has 4 aromatic rings. The molecule has 26 heavy (non-hydrogen) atoms. The molecule has 0 aliphatic heterocycles. The van der Waals surface area contributed by atoms with Gasteiger partial charge in [-0.15, -0.1) is 0 Å². The van der Waals surface area contributed by atoms with Crippen LogP contribution in [-0.2, 0) is 0 Å². The quantitative estimate of drug-likeness (QED) is 0.593. The average Bonchev–Trinajstić information content (AvgIpc) is 2.68. The molecule has 0 radical (unpaired) electrons. The number of rotatable bonds is 4. The Labute approximate surface area is 151 Å². The molecule has 1 atom stereocenters. The highest BCUT2D eigenvalue weighted by atomic mass is 16.3. The molecule has 0 amide bonds. The lowest BCUT2D eigenvalue weighted by Crippen LogP contribution is -2.19. The van der Waals surface area contributed by atoms with E-state index in [0.717, 1.165) is 27.9 Å². The Balaban J connectivity index is 1.84.